The minimum Gasteiger partial charge on any atom is -0.107 e. The third-order valence-electron chi connectivity index (χ3n) is 1.22. The van der Waals surface area contributed by atoms with Crippen molar-refractivity contribution in [2.45, 2.75) is 107 Å². The van der Waals surface area contributed by atoms with E-state index in [4.69, 9.17) is 0 Å². The molecule has 0 saturated heterocycles. The molecule has 0 heterocycles. The van der Waals surface area contributed by atoms with Crippen molar-refractivity contribution in [1.82, 2.24) is 0 Å². The Balaban J connectivity index is -0.0000000325. The van der Waals surface area contributed by atoms with Crippen molar-refractivity contribution in [3.63, 3.8) is 0 Å². The van der Waals surface area contributed by atoms with Crippen molar-refractivity contribution in [2.24, 2.45) is 0 Å². The highest BCUT2D eigenvalue weighted by atomic mass is 28.3. The summed E-state index contributed by atoms with van der Waals surface area (Å²) in [4.78, 5) is 0. The molecule has 0 aromatic carbocycles. The summed E-state index contributed by atoms with van der Waals surface area (Å²) < 4.78 is 0. The Morgan fingerprint density at radius 1 is 0.600 bits per heavy atom. The maximum Gasteiger partial charge on any atom is 0.0679 e. The third-order valence-corrected chi connectivity index (χ3v) is 3.67. The van der Waals surface area contributed by atoms with Crippen LogP contribution in [0.2, 0.25) is 91.7 Å². The molecular formula is C20H60Si5. The van der Waals surface area contributed by atoms with Crippen LogP contribution in [-0.2, 0) is 0 Å². The molecule has 0 aliphatic rings. The lowest BCUT2D eigenvalue weighted by Crippen LogP contribution is -2.14. The van der Waals surface area contributed by atoms with Crippen LogP contribution >= 0.6 is 0 Å². The first-order valence-electron chi connectivity index (χ1n) is 9.27. The highest BCUT2D eigenvalue weighted by Crippen LogP contribution is 1.98. The Kier molecular flexibility index (Phi) is 52.5. The highest BCUT2D eigenvalue weighted by molar-refractivity contribution is 6.81. The number of rotatable bonds is 2. The molecule has 0 aromatic rings. The second-order valence-corrected chi connectivity index (χ2v) is 27.9. The van der Waals surface area contributed by atoms with Crippen molar-refractivity contribution in [1.29, 1.82) is 0 Å². The molecule has 0 nitrogen and oxygen atoms in total. The molecule has 0 atom stereocenters. The summed E-state index contributed by atoms with van der Waals surface area (Å²) >= 11 is 0. The minimum absolute atomic E-state index is 0. The van der Waals surface area contributed by atoms with Gasteiger partial charge < -0.3 is 0 Å². The molecular weight excluding hydrogens is 381 g/mol. The van der Waals surface area contributed by atoms with Gasteiger partial charge in [0.05, 0.1) is 16.1 Å². The van der Waals surface area contributed by atoms with Crippen molar-refractivity contribution < 1.29 is 0 Å². The van der Waals surface area contributed by atoms with E-state index in [2.05, 4.69) is 116 Å². The Bertz CT molecular complexity index is 194. The molecule has 0 aliphatic carbocycles. The van der Waals surface area contributed by atoms with E-state index in [1.54, 1.807) is 0 Å². The van der Waals surface area contributed by atoms with Gasteiger partial charge in [0.1, 0.15) is 0 Å². The van der Waals surface area contributed by atoms with Crippen LogP contribution in [0, 0.1) is 0 Å². The van der Waals surface area contributed by atoms with Crippen LogP contribution in [0.25, 0.3) is 0 Å². The van der Waals surface area contributed by atoms with E-state index >= 15 is 0 Å². The Hall–Kier alpha value is 0.564. The molecule has 0 saturated carbocycles. The molecule has 0 fully saturated rings. The topological polar surface area (TPSA) is 0 Å². The first-order chi connectivity index (χ1) is 10.00. The molecule has 0 bridgehead atoms. The average Bonchev–Trinajstić information content (AvgIpc) is 2.27. The van der Waals surface area contributed by atoms with Crippen LogP contribution < -0.4 is 0 Å². The van der Waals surface area contributed by atoms with Crippen molar-refractivity contribution in [3.05, 3.63) is 24.6 Å². The lowest BCUT2D eigenvalue weighted by Gasteiger charge is -2.04. The zero-order valence-electron chi connectivity index (χ0n) is 19.4. The molecule has 0 unspecified atom stereocenters. The van der Waals surface area contributed by atoms with E-state index in [-0.39, 0.29) is 32.4 Å². The second kappa shape index (κ2) is 29.3. The molecule has 0 amide bonds. The smallest absolute Gasteiger partial charge is 0.0679 e. The number of hydrogen-bond acceptors (Lipinski definition) is 0. The number of hydrogen-bond donors (Lipinski definition) is 0. The standard InChI is InChI=1S/2C5H12Si.2C3H10Si.C2H8Si.2CH4/c2*1-5-6(2,3)4;2*1-4(2)3;1-3-2;;/h2*5H,1H2,2-4H3;2*4H,1-3H3;3H2,1-2H3;2*1H4. The Morgan fingerprint density at radius 2 is 0.640 bits per heavy atom. The molecule has 25 heavy (non-hydrogen) atoms. The lowest BCUT2D eigenvalue weighted by molar-refractivity contribution is 1.78. The van der Waals surface area contributed by atoms with Gasteiger partial charge in [0.2, 0.25) is 0 Å². The van der Waals surface area contributed by atoms with E-state index in [0.29, 0.717) is 9.52 Å². The Labute approximate surface area is 174 Å². The van der Waals surface area contributed by atoms with Gasteiger partial charge in [-0.15, -0.1) is 24.6 Å². The highest BCUT2D eigenvalue weighted by Gasteiger charge is 2.04. The minimum atomic E-state index is -0.867. The molecule has 0 radical (unpaired) electrons. The first-order valence-corrected chi connectivity index (χ1v) is 26.2. The molecule has 0 rings (SSSR count). The van der Waals surface area contributed by atoms with Gasteiger partial charge in [0, 0.05) is 27.1 Å². The van der Waals surface area contributed by atoms with Crippen LogP contribution in [0.15, 0.2) is 24.6 Å². The first kappa shape index (κ1) is 44.8. The van der Waals surface area contributed by atoms with Crippen molar-refractivity contribution >= 4 is 43.3 Å². The fourth-order valence-corrected chi connectivity index (χ4v) is 0. The van der Waals surface area contributed by atoms with Gasteiger partial charge in [0.15, 0.2) is 0 Å². The van der Waals surface area contributed by atoms with E-state index < -0.39 is 16.1 Å². The largest absolute Gasteiger partial charge is 0.107 e. The van der Waals surface area contributed by atoms with Gasteiger partial charge in [0.25, 0.3) is 0 Å². The molecule has 0 spiro atoms. The van der Waals surface area contributed by atoms with Gasteiger partial charge >= 0.3 is 0 Å². The van der Waals surface area contributed by atoms with E-state index in [1.165, 1.54) is 0 Å². The zero-order chi connectivity index (χ0) is 20.3. The van der Waals surface area contributed by atoms with E-state index in [1.807, 2.05) is 0 Å². The van der Waals surface area contributed by atoms with E-state index in [0.717, 1.165) is 0 Å². The van der Waals surface area contributed by atoms with Crippen LogP contribution in [-0.4, -0.2) is 43.3 Å². The fourth-order valence-electron chi connectivity index (χ4n) is 0. The SMILES string of the molecule is C.C.C=C[Si](C)(C)C.C=C[Si](C)(C)C.C[SiH2]C.C[SiH](C)C.C[SiH](C)C. The summed E-state index contributed by atoms with van der Waals surface area (Å²) in [5, 5.41) is 0. The van der Waals surface area contributed by atoms with Gasteiger partial charge in [-0.05, 0) is 0 Å². The molecule has 5 heteroatoms. The van der Waals surface area contributed by atoms with Gasteiger partial charge in [-0.25, -0.2) is 0 Å². The summed E-state index contributed by atoms with van der Waals surface area (Å²) in [7, 11) is -1.60. The summed E-state index contributed by atoms with van der Waals surface area (Å²) in [5.41, 5.74) is 4.15. The molecule has 0 aromatic heterocycles. The summed E-state index contributed by atoms with van der Waals surface area (Å²) in [6.45, 7) is 39.3. The van der Waals surface area contributed by atoms with Gasteiger partial charge in [-0.3, -0.25) is 0 Å². The third kappa shape index (κ3) is 290. The normalized spacial score (nSPS) is 8.96. The Morgan fingerprint density at radius 3 is 0.640 bits per heavy atom. The predicted octanol–water partition coefficient (Wildman–Crippen LogP) is 7.83. The van der Waals surface area contributed by atoms with Crippen molar-refractivity contribution in [3.8, 4) is 0 Å². The predicted molar refractivity (Wildman–Crippen MR) is 150 cm³/mol. The maximum absolute atomic E-state index is 3.69. The van der Waals surface area contributed by atoms with E-state index in [9.17, 15) is 0 Å². The fraction of sp³-hybridized carbons (Fsp3) is 0.800. The molecule has 0 aliphatic heterocycles. The van der Waals surface area contributed by atoms with Crippen LogP contribution in [0.3, 0.4) is 0 Å². The molecule has 160 valence electrons. The quantitative estimate of drug-likeness (QED) is 0.383. The maximum atomic E-state index is 3.69. The van der Waals surface area contributed by atoms with Gasteiger partial charge in [-0.1, -0.05) is 107 Å². The van der Waals surface area contributed by atoms with Crippen LogP contribution in [0.5, 0.6) is 0 Å². The monoisotopic (exact) mass is 440 g/mol. The summed E-state index contributed by atoms with van der Waals surface area (Å²) in [6, 6.07) is 0. The van der Waals surface area contributed by atoms with Gasteiger partial charge in [-0.2, -0.15) is 0 Å². The average molecular weight is 441 g/mol. The second-order valence-electron chi connectivity index (χ2n) is 9.31. The van der Waals surface area contributed by atoms with Crippen LogP contribution in [0.4, 0.5) is 0 Å². The zero-order valence-corrected chi connectivity index (χ0v) is 25.2. The summed E-state index contributed by atoms with van der Waals surface area (Å²) in [5.74, 6) is 0. The van der Waals surface area contributed by atoms with Crippen molar-refractivity contribution in [2.75, 3.05) is 0 Å². The molecule has 0 N–H and O–H groups in total. The summed E-state index contributed by atoms with van der Waals surface area (Å²) in [6.07, 6.45) is 0. The van der Waals surface area contributed by atoms with Crippen LogP contribution in [0.1, 0.15) is 14.9 Å². The lowest BCUT2D eigenvalue weighted by atomic mass is 11.3.